The molecule has 10 rings (SSSR count). The van der Waals surface area contributed by atoms with Crippen molar-refractivity contribution in [3.63, 3.8) is 0 Å². The van der Waals surface area contributed by atoms with Crippen LogP contribution in [-0.2, 0) is 5.41 Å². The van der Waals surface area contributed by atoms with Crippen LogP contribution in [0.2, 0.25) is 0 Å². The molecule has 56 heavy (non-hydrogen) atoms. The van der Waals surface area contributed by atoms with E-state index in [0.717, 1.165) is 51.2 Å². The van der Waals surface area contributed by atoms with Gasteiger partial charge in [0, 0.05) is 33.2 Å². The van der Waals surface area contributed by atoms with Crippen LogP contribution in [0.3, 0.4) is 0 Å². The topological polar surface area (TPSA) is 67.4 Å². The highest BCUT2D eigenvalue weighted by Crippen LogP contribution is 2.54. The van der Waals surface area contributed by atoms with E-state index >= 15 is 0 Å². The third-order valence-electron chi connectivity index (χ3n) is 12.4. The molecule has 2 fully saturated rings. The van der Waals surface area contributed by atoms with Gasteiger partial charge in [0.05, 0.1) is 22.7 Å². The van der Waals surface area contributed by atoms with Crippen molar-refractivity contribution < 1.29 is 0 Å². The van der Waals surface area contributed by atoms with Gasteiger partial charge in [-0.15, -0.1) is 0 Å². The number of aromatic nitrogens is 4. The minimum atomic E-state index is 0.323. The van der Waals surface area contributed by atoms with Gasteiger partial charge < -0.3 is 4.57 Å². The molecule has 0 saturated heterocycles. The predicted octanol–water partition coefficient (Wildman–Crippen LogP) is 12.6. The van der Waals surface area contributed by atoms with Crippen molar-refractivity contribution in [3.8, 4) is 57.0 Å². The van der Waals surface area contributed by atoms with Gasteiger partial charge in [-0.05, 0) is 120 Å². The summed E-state index contributed by atoms with van der Waals surface area (Å²) < 4.78 is 2.37. The zero-order valence-corrected chi connectivity index (χ0v) is 31.9. The van der Waals surface area contributed by atoms with Crippen molar-refractivity contribution in [1.29, 1.82) is 5.26 Å². The Kier molecular flexibility index (Phi) is 8.37. The van der Waals surface area contributed by atoms with Gasteiger partial charge in [-0.3, -0.25) is 0 Å². The van der Waals surface area contributed by atoms with Crippen molar-refractivity contribution in [2.24, 2.45) is 17.8 Å². The van der Waals surface area contributed by atoms with Gasteiger partial charge in [0.2, 0.25) is 0 Å². The van der Waals surface area contributed by atoms with Crippen LogP contribution in [0, 0.1) is 29.1 Å². The summed E-state index contributed by atoms with van der Waals surface area (Å²) in [7, 11) is 0. The average Bonchev–Trinajstić information content (AvgIpc) is 3.57. The Bertz CT molecular complexity index is 2760. The summed E-state index contributed by atoms with van der Waals surface area (Å²) in [6.45, 7) is 4.94. The minimum Gasteiger partial charge on any atom is -0.309 e. The van der Waals surface area contributed by atoms with Gasteiger partial charge in [-0.25, -0.2) is 15.0 Å². The van der Waals surface area contributed by atoms with E-state index in [2.05, 4.69) is 115 Å². The fraction of sp³-hybridized carbons (Fsp3) is 0.216. The molecule has 272 valence electrons. The van der Waals surface area contributed by atoms with E-state index in [0.29, 0.717) is 28.5 Å². The lowest BCUT2D eigenvalue weighted by Gasteiger charge is -2.50. The quantitative estimate of drug-likeness (QED) is 0.171. The van der Waals surface area contributed by atoms with E-state index in [9.17, 15) is 5.26 Å². The molecule has 5 nitrogen and oxygen atoms in total. The number of hydrogen-bond donors (Lipinski definition) is 0. The van der Waals surface area contributed by atoms with Gasteiger partial charge in [0.1, 0.15) is 0 Å². The lowest BCUT2D eigenvalue weighted by atomic mass is 9.54. The van der Waals surface area contributed by atoms with Crippen LogP contribution in [0.4, 0.5) is 0 Å². The van der Waals surface area contributed by atoms with E-state index in [1.807, 2.05) is 42.5 Å². The van der Waals surface area contributed by atoms with Crippen molar-refractivity contribution in [3.05, 3.63) is 157 Å². The normalized spacial score (nSPS) is 20.6. The van der Waals surface area contributed by atoms with Gasteiger partial charge in [0.15, 0.2) is 17.5 Å². The molecule has 6 aromatic carbocycles. The molecule has 2 bridgehead atoms. The average molecular weight is 726 g/mol. The van der Waals surface area contributed by atoms with Crippen LogP contribution >= 0.6 is 0 Å². The maximum Gasteiger partial charge on any atom is 0.164 e. The smallest absolute Gasteiger partial charge is 0.164 e. The summed E-state index contributed by atoms with van der Waals surface area (Å²) in [5.74, 6) is 4.21. The summed E-state index contributed by atoms with van der Waals surface area (Å²) in [6.07, 6.45) is 6.76. The van der Waals surface area contributed by atoms with Gasteiger partial charge >= 0.3 is 0 Å². The van der Waals surface area contributed by atoms with Crippen LogP contribution < -0.4 is 0 Å². The van der Waals surface area contributed by atoms with Gasteiger partial charge in [-0.2, -0.15) is 5.26 Å². The second kappa shape index (κ2) is 13.7. The maximum atomic E-state index is 9.40. The van der Waals surface area contributed by atoms with Crippen LogP contribution in [0.25, 0.3) is 72.8 Å². The molecular weight excluding hydrogens is 683 g/mol. The number of para-hydroxylation sites is 1. The monoisotopic (exact) mass is 725 g/mol. The van der Waals surface area contributed by atoms with Crippen LogP contribution in [0.5, 0.6) is 0 Å². The van der Waals surface area contributed by atoms with E-state index in [1.54, 1.807) is 12.1 Å². The Morgan fingerprint density at radius 3 is 1.84 bits per heavy atom. The highest BCUT2D eigenvalue weighted by molar-refractivity contribution is 6.10. The third kappa shape index (κ3) is 6.07. The first-order valence-electron chi connectivity index (χ1n) is 20.0. The van der Waals surface area contributed by atoms with E-state index in [-0.39, 0.29) is 0 Å². The second-order valence-electron chi connectivity index (χ2n) is 16.5. The van der Waals surface area contributed by atoms with Gasteiger partial charge in [-0.1, -0.05) is 111 Å². The minimum absolute atomic E-state index is 0.323. The number of hydrogen-bond acceptors (Lipinski definition) is 4. The third-order valence-corrected chi connectivity index (χ3v) is 12.4. The molecule has 2 aliphatic rings. The molecule has 2 heterocycles. The maximum absolute atomic E-state index is 9.40. The molecule has 2 aliphatic carbocycles. The fourth-order valence-electron chi connectivity index (χ4n) is 10.3. The first kappa shape index (κ1) is 34.1. The molecule has 0 amide bonds. The lowest BCUT2D eigenvalue weighted by Crippen LogP contribution is -2.42. The van der Waals surface area contributed by atoms with Crippen LogP contribution in [-0.4, -0.2) is 19.5 Å². The van der Waals surface area contributed by atoms with Crippen LogP contribution in [0.15, 0.2) is 146 Å². The Morgan fingerprint density at radius 2 is 1.12 bits per heavy atom. The van der Waals surface area contributed by atoms with E-state index in [4.69, 9.17) is 15.0 Å². The molecule has 4 atom stereocenters. The highest BCUT2D eigenvalue weighted by Gasteiger charge is 2.45. The lowest BCUT2D eigenvalue weighted by molar-refractivity contribution is 0.0780. The molecule has 0 aliphatic heterocycles. The summed E-state index contributed by atoms with van der Waals surface area (Å²) >= 11 is 0. The predicted molar refractivity (Wildman–Crippen MR) is 227 cm³/mol. The molecule has 0 spiro atoms. The summed E-state index contributed by atoms with van der Waals surface area (Å²) in [5, 5.41) is 11.8. The standard InChI is InChI=1S/C51H43N5/c1-33-25-36-26-34(2)30-51(29-33,31-36)42-22-19-37(20-23-42)40-21-24-45-44-13-6-7-14-46(44)56(47(45)28-40)43-12-8-11-41(27-43)50-54-48(38-9-4-3-5-10-38)53-49(55-50)39-17-15-35(32-52)16-18-39/h3-24,27-28,33-34,36H,25-26,29-31H2,1-2H3/t33-,34+,36-,51?. The van der Waals surface area contributed by atoms with Crippen LogP contribution in [0.1, 0.15) is 57.1 Å². The fourth-order valence-corrected chi connectivity index (χ4v) is 10.3. The largest absolute Gasteiger partial charge is 0.309 e. The molecular formula is C51H43N5. The summed E-state index contributed by atoms with van der Waals surface area (Å²) in [6, 6.07) is 53.3. The highest BCUT2D eigenvalue weighted by atomic mass is 15.0. The Balaban J connectivity index is 1.07. The molecule has 2 saturated carbocycles. The van der Waals surface area contributed by atoms with E-state index in [1.165, 1.54) is 59.6 Å². The molecule has 2 aromatic heterocycles. The first-order chi connectivity index (χ1) is 27.4. The Hall–Kier alpha value is -6.38. The van der Waals surface area contributed by atoms with Crippen molar-refractivity contribution in [2.75, 3.05) is 0 Å². The SMILES string of the molecule is C[C@@H]1C[C@@H]2C[C@H](C)CC(c3ccc(-c4ccc5c6ccccc6n(-c6cccc(-c7nc(-c8ccccc8)nc(-c8ccc(C#N)cc8)n7)c6)c5c4)cc3)(C1)C2. The number of benzene rings is 6. The Labute approximate surface area is 328 Å². The molecule has 5 heteroatoms. The number of nitriles is 1. The molecule has 1 unspecified atom stereocenters. The number of fused-ring (bicyclic) bond motifs is 5. The van der Waals surface area contributed by atoms with Crippen molar-refractivity contribution in [1.82, 2.24) is 19.5 Å². The number of rotatable bonds is 6. The van der Waals surface area contributed by atoms with E-state index < -0.39 is 0 Å². The first-order valence-corrected chi connectivity index (χ1v) is 20.0. The summed E-state index contributed by atoms with van der Waals surface area (Å²) in [5.41, 5.74) is 10.9. The molecule has 8 aromatic rings. The Morgan fingerprint density at radius 1 is 0.536 bits per heavy atom. The van der Waals surface area contributed by atoms with Crippen molar-refractivity contribution >= 4 is 21.8 Å². The van der Waals surface area contributed by atoms with Crippen molar-refractivity contribution in [2.45, 2.75) is 51.4 Å². The van der Waals surface area contributed by atoms with Gasteiger partial charge in [0.25, 0.3) is 0 Å². The zero-order valence-electron chi connectivity index (χ0n) is 31.9. The number of nitrogens with zero attached hydrogens (tertiary/aromatic N) is 5. The zero-order chi connectivity index (χ0) is 37.8. The summed E-state index contributed by atoms with van der Waals surface area (Å²) in [4.78, 5) is 14.9. The molecule has 0 N–H and O–H groups in total. The second-order valence-corrected chi connectivity index (χ2v) is 16.5. The molecule has 0 radical (unpaired) electrons.